The zero-order chi connectivity index (χ0) is 23.9. The van der Waals surface area contributed by atoms with Crippen molar-refractivity contribution in [3.05, 3.63) is 72.4 Å². The molecule has 2 atom stereocenters. The summed E-state index contributed by atoms with van der Waals surface area (Å²) in [6, 6.07) is 15.4. The van der Waals surface area contributed by atoms with Crippen LogP contribution in [-0.2, 0) is 6.54 Å². The van der Waals surface area contributed by atoms with Crippen LogP contribution in [0.1, 0.15) is 18.9 Å². The standard InChI is InChI=1S/C27H29FN6O/c1-18(16-35)29-12-19-8-9-32(13-19)24-6-7-25-22(10-24)15-33-14-21(20-2-4-23(28)5-3-20)11-26(33)27-30-17-31-34(25)27/h2-7,10-11,14,17-19,29,35H,8-9,12-13,15-16H2,1H3/t18?,19-/m1/s1. The maximum absolute atomic E-state index is 13.4. The number of aliphatic hydroxyl groups excluding tert-OH is 1. The Hall–Kier alpha value is -3.49. The molecule has 2 aliphatic heterocycles. The Labute approximate surface area is 203 Å². The summed E-state index contributed by atoms with van der Waals surface area (Å²) in [4.78, 5) is 7.01. The summed E-state index contributed by atoms with van der Waals surface area (Å²) in [5.41, 5.74) is 6.44. The van der Waals surface area contributed by atoms with E-state index in [1.807, 2.05) is 11.6 Å². The Kier molecular flexibility index (Phi) is 5.62. The van der Waals surface area contributed by atoms with Crippen LogP contribution in [0.2, 0.25) is 0 Å². The number of rotatable bonds is 6. The van der Waals surface area contributed by atoms with Crippen molar-refractivity contribution in [1.29, 1.82) is 0 Å². The predicted octanol–water partition coefficient (Wildman–Crippen LogP) is 3.70. The maximum atomic E-state index is 13.4. The first-order chi connectivity index (χ1) is 17.1. The van der Waals surface area contributed by atoms with Gasteiger partial charge in [-0.1, -0.05) is 12.1 Å². The SMILES string of the molecule is CC(CO)NC[C@H]1CCN(c2ccc3c(c2)Cn2cc(-c4ccc(F)cc4)cc2-c2ncnn2-3)C1. The van der Waals surface area contributed by atoms with Gasteiger partial charge in [0.1, 0.15) is 12.1 Å². The van der Waals surface area contributed by atoms with E-state index in [2.05, 4.69) is 55.3 Å². The normalized spacial score (nSPS) is 17.6. The lowest BCUT2D eigenvalue weighted by molar-refractivity contribution is 0.247. The van der Waals surface area contributed by atoms with Crippen molar-refractivity contribution in [3.63, 3.8) is 0 Å². The van der Waals surface area contributed by atoms with Gasteiger partial charge in [0.15, 0.2) is 5.82 Å². The van der Waals surface area contributed by atoms with Gasteiger partial charge in [0.2, 0.25) is 0 Å². The second kappa shape index (κ2) is 8.94. The second-order valence-electron chi connectivity index (χ2n) is 9.65. The van der Waals surface area contributed by atoms with Gasteiger partial charge in [0, 0.05) is 49.7 Å². The number of hydrogen-bond donors (Lipinski definition) is 2. The molecule has 1 saturated heterocycles. The molecule has 2 N–H and O–H groups in total. The van der Waals surface area contributed by atoms with Crippen LogP contribution in [0.4, 0.5) is 10.1 Å². The molecule has 8 heteroatoms. The Morgan fingerprint density at radius 3 is 2.83 bits per heavy atom. The summed E-state index contributed by atoms with van der Waals surface area (Å²) in [7, 11) is 0. The molecule has 0 amide bonds. The van der Waals surface area contributed by atoms with Crippen LogP contribution in [0.25, 0.3) is 28.3 Å². The molecule has 0 aliphatic carbocycles. The highest BCUT2D eigenvalue weighted by Gasteiger charge is 2.26. The molecule has 0 spiro atoms. The van der Waals surface area contributed by atoms with Gasteiger partial charge in [-0.15, -0.1) is 0 Å². The van der Waals surface area contributed by atoms with Crippen molar-refractivity contribution >= 4 is 5.69 Å². The molecule has 1 unspecified atom stereocenters. The van der Waals surface area contributed by atoms with E-state index < -0.39 is 0 Å². The van der Waals surface area contributed by atoms with E-state index in [-0.39, 0.29) is 18.5 Å². The van der Waals surface area contributed by atoms with Crippen molar-refractivity contribution in [1.82, 2.24) is 24.6 Å². The molecule has 35 heavy (non-hydrogen) atoms. The van der Waals surface area contributed by atoms with Gasteiger partial charge in [-0.05, 0) is 66.8 Å². The zero-order valence-corrected chi connectivity index (χ0v) is 19.7. The minimum Gasteiger partial charge on any atom is -0.395 e. The lowest BCUT2D eigenvalue weighted by atomic mass is 10.1. The molecular formula is C27H29FN6O. The molecule has 180 valence electrons. The van der Waals surface area contributed by atoms with E-state index in [0.29, 0.717) is 12.5 Å². The Balaban J connectivity index is 1.30. The van der Waals surface area contributed by atoms with E-state index in [0.717, 1.165) is 54.4 Å². The fourth-order valence-electron chi connectivity index (χ4n) is 5.17. The summed E-state index contributed by atoms with van der Waals surface area (Å²) in [5, 5.41) is 17.2. The summed E-state index contributed by atoms with van der Waals surface area (Å²) in [5.74, 6) is 1.13. The molecule has 4 aromatic rings. The van der Waals surface area contributed by atoms with Gasteiger partial charge in [-0.3, -0.25) is 0 Å². The lowest BCUT2D eigenvalue weighted by Gasteiger charge is -2.21. The van der Waals surface area contributed by atoms with Crippen molar-refractivity contribution in [2.45, 2.75) is 25.9 Å². The molecule has 4 heterocycles. The van der Waals surface area contributed by atoms with Gasteiger partial charge in [-0.2, -0.15) is 5.10 Å². The number of aromatic nitrogens is 4. The molecule has 0 radical (unpaired) electrons. The molecule has 2 aliphatic rings. The number of benzene rings is 2. The van der Waals surface area contributed by atoms with E-state index in [1.165, 1.54) is 23.4 Å². The highest BCUT2D eigenvalue weighted by Crippen LogP contribution is 2.35. The van der Waals surface area contributed by atoms with Crippen LogP contribution in [0.5, 0.6) is 0 Å². The molecular weight excluding hydrogens is 443 g/mol. The molecule has 1 fully saturated rings. The quantitative estimate of drug-likeness (QED) is 0.394. The number of fused-ring (bicyclic) bond motifs is 5. The molecule has 6 rings (SSSR count). The van der Waals surface area contributed by atoms with Gasteiger partial charge in [0.05, 0.1) is 18.0 Å². The fraction of sp³-hybridized carbons (Fsp3) is 0.333. The molecule has 0 bridgehead atoms. The number of nitrogens with one attached hydrogen (secondary N) is 1. The average molecular weight is 473 g/mol. The average Bonchev–Trinajstić information content (AvgIpc) is 3.62. The fourth-order valence-corrected chi connectivity index (χ4v) is 5.17. The van der Waals surface area contributed by atoms with E-state index in [1.54, 1.807) is 18.5 Å². The van der Waals surface area contributed by atoms with Gasteiger partial charge >= 0.3 is 0 Å². The van der Waals surface area contributed by atoms with Crippen LogP contribution in [0.3, 0.4) is 0 Å². The first-order valence-corrected chi connectivity index (χ1v) is 12.2. The van der Waals surface area contributed by atoms with Gasteiger partial charge in [0.25, 0.3) is 0 Å². The smallest absolute Gasteiger partial charge is 0.179 e. The third kappa shape index (κ3) is 4.13. The molecule has 0 saturated carbocycles. The minimum atomic E-state index is -0.237. The molecule has 2 aromatic heterocycles. The Morgan fingerprint density at radius 2 is 2.00 bits per heavy atom. The first-order valence-electron chi connectivity index (χ1n) is 12.2. The van der Waals surface area contributed by atoms with Crippen LogP contribution in [0.15, 0.2) is 61.1 Å². The number of aliphatic hydroxyl groups is 1. The topological polar surface area (TPSA) is 71.1 Å². The summed E-state index contributed by atoms with van der Waals surface area (Å²) >= 11 is 0. The van der Waals surface area contributed by atoms with E-state index in [9.17, 15) is 9.50 Å². The maximum Gasteiger partial charge on any atom is 0.179 e. The first kappa shape index (κ1) is 22.0. The summed E-state index contributed by atoms with van der Waals surface area (Å²) < 4.78 is 17.6. The number of anilines is 1. The van der Waals surface area contributed by atoms with Crippen molar-refractivity contribution in [2.75, 3.05) is 31.1 Å². The van der Waals surface area contributed by atoms with Crippen molar-refractivity contribution in [2.24, 2.45) is 5.92 Å². The highest BCUT2D eigenvalue weighted by molar-refractivity contribution is 5.71. The minimum absolute atomic E-state index is 0.129. The van der Waals surface area contributed by atoms with Crippen LogP contribution >= 0.6 is 0 Å². The van der Waals surface area contributed by atoms with Crippen molar-refractivity contribution in [3.8, 4) is 28.3 Å². The largest absolute Gasteiger partial charge is 0.395 e. The zero-order valence-electron chi connectivity index (χ0n) is 19.7. The Morgan fingerprint density at radius 1 is 1.14 bits per heavy atom. The third-order valence-corrected chi connectivity index (χ3v) is 7.16. The van der Waals surface area contributed by atoms with Gasteiger partial charge in [-0.25, -0.2) is 14.1 Å². The second-order valence-corrected chi connectivity index (χ2v) is 9.65. The predicted molar refractivity (Wildman–Crippen MR) is 134 cm³/mol. The van der Waals surface area contributed by atoms with Crippen molar-refractivity contribution < 1.29 is 9.50 Å². The molecule has 2 aromatic carbocycles. The number of nitrogens with zero attached hydrogens (tertiary/aromatic N) is 5. The summed E-state index contributed by atoms with van der Waals surface area (Å²) in [6.45, 7) is 5.82. The lowest BCUT2D eigenvalue weighted by Crippen LogP contribution is -2.34. The monoisotopic (exact) mass is 472 g/mol. The third-order valence-electron chi connectivity index (χ3n) is 7.16. The van der Waals surface area contributed by atoms with Gasteiger partial charge < -0.3 is 19.9 Å². The Bertz CT molecular complexity index is 1340. The van der Waals surface area contributed by atoms with Crippen LogP contribution < -0.4 is 10.2 Å². The van der Waals surface area contributed by atoms with Crippen LogP contribution in [-0.4, -0.2) is 56.7 Å². The highest BCUT2D eigenvalue weighted by atomic mass is 19.1. The summed E-state index contributed by atoms with van der Waals surface area (Å²) in [6.07, 6.45) is 4.85. The van der Waals surface area contributed by atoms with E-state index >= 15 is 0 Å². The van der Waals surface area contributed by atoms with Crippen LogP contribution in [0, 0.1) is 11.7 Å². The molecule has 7 nitrogen and oxygen atoms in total. The number of halogens is 1. The number of hydrogen-bond acceptors (Lipinski definition) is 5. The van der Waals surface area contributed by atoms with E-state index in [4.69, 9.17) is 0 Å².